The minimum atomic E-state index is -0.304. The summed E-state index contributed by atoms with van der Waals surface area (Å²) >= 11 is 0. The molecule has 0 spiro atoms. The number of carbonyl (C=O) groups excluding carboxylic acids is 1. The molecule has 0 aromatic heterocycles. The molecule has 0 aromatic carbocycles. The van der Waals surface area contributed by atoms with E-state index < -0.39 is 0 Å². The van der Waals surface area contributed by atoms with Crippen molar-refractivity contribution in [3.8, 4) is 0 Å². The summed E-state index contributed by atoms with van der Waals surface area (Å²) in [7, 11) is 0. The van der Waals surface area contributed by atoms with Crippen molar-refractivity contribution in [3.63, 3.8) is 0 Å². The summed E-state index contributed by atoms with van der Waals surface area (Å²) in [6, 6.07) is 0. The molecule has 82 valence electrons. The molecule has 14 heavy (non-hydrogen) atoms. The van der Waals surface area contributed by atoms with E-state index in [-0.39, 0.29) is 24.7 Å². The van der Waals surface area contributed by atoms with Crippen molar-refractivity contribution in [2.24, 2.45) is 5.92 Å². The Balaban J connectivity index is 1.99. The highest BCUT2D eigenvalue weighted by atomic mass is 16.5. The van der Waals surface area contributed by atoms with Crippen molar-refractivity contribution in [1.82, 2.24) is 5.32 Å². The van der Waals surface area contributed by atoms with Gasteiger partial charge in [0.1, 0.15) is 0 Å². The molecule has 0 bridgehead atoms. The van der Waals surface area contributed by atoms with Crippen molar-refractivity contribution in [3.05, 3.63) is 0 Å². The first-order chi connectivity index (χ1) is 6.59. The standard InChI is InChI=1S/C10H19NO3/c1-7(2)14-10(13)6-11-5-9(12)8-3-4-8/h7-9,11-12H,3-6H2,1-2H3. The van der Waals surface area contributed by atoms with Gasteiger partial charge in [-0.2, -0.15) is 0 Å². The Morgan fingerprint density at radius 2 is 2.21 bits per heavy atom. The molecule has 0 aromatic rings. The fourth-order valence-electron chi connectivity index (χ4n) is 1.27. The summed E-state index contributed by atoms with van der Waals surface area (Å²) in [5, 5.41) is 12.4. The number of carbonyl (C=O) groups is 1. The average Bonchev–Trinajstić information content (AvgIpc) is 2.84. The molecule has 4 heteroatoms. The van der Waals surface area contributed by atoms with Crippen LogP contribution in [-0.2, 0) is 9.53 Å². The van der Waals surface area contributed by atoms with Crippen LogP contribution in [0, 0.1) is 5.92 Å². The number of rotatable bonds is 6. The van der Waals surface area contributed by atoms with Crippen LogP contribution in [0.1, 0.15) is 26.7 Å². The summed E-state index contributed by atoms with van der Waals surface area (Å²) in [4.78, 5) is 11.1. The maximum atomic E-state index is 11.1. The van der Waals surface area contributed by atoms with E-state index in [2.05, 4.69) is 5.32 Å². The van der Waals surface area contributed by atoms with Gasteiger partial charge in [0.05, 0.1) is 18.8 Å². The summed E-state index contributed by atoms with van der Waals surface area (Å²) in [5.74, 6) is 0.187. The second-order valence-electron chi connectivity index (χ2n) is 4.07. The number of esters is 1. The van der Waals surface area contributed by atoms with Crippen LogP contribution in [0.15, 0.2) is 0 Å². The summed E-state index contributed by atoms with van der Waals surface area (Å²) in [6.45, 7) is 4.30. The second kappa shape index (κ2) is 5.32. The van der Waals surface area contributed by atoms with Crippen LogP contribution in [-0.4, -0.2) is 36.4 Å². The first kappa shape index (κ1) is 11.5. The van der Waals surface area contributed by atoms with Crippen molar-refractivity contribution in [1.29, 1.82) is 0 Å². The zero-order chi connectivity index (χ0) is 10.6. The van der Waals surface area contributed by atoms with Gasteiger partial charge in [-0.1, -0.05) is 0 Å². The fourth-order valence-corrected chi connectivity index (χ4v) is 1.27. The minimum Gasteiger partial charge on any atom is -0.462 e. The van der Waals surface area contributed by atoms with Crippen molar-refractivity contribution in [2.45, 2.75) is 38.9 Å². The smallest absolute Gasteiger partial charge is 0.320 e. The molecule has 0 aliphatic heterocycles. The van der Waals surface area contributed by atoms with Gasteiger partial charge in [-0.15, -0.1) is 0 Å². The Morgan fingerprint density at radius 1 is 1.57 bits per heavy atom. The summed E-state index contributed by atoms with van der Waals surface area (Å²) in [5.41, 5.74) is 0. The number of nitrogens with one attached hydrogen (secondary N) is 1. The van der Waals surface area contributed by atoms with Gasteiger partial charge >= 0.3 is 5.97 Å². The van der Waals surface area contributed by atoms with E-state index in [1.807, 2.05) is 13.8 Å². The number of hydrogen-bond acceptors (Lipinski definition) is 4. The van der Waals surface area contributed by atoms with E-state index in [1.54, 1.807) is 0 Å². The molecular formula is C10H19NO3. The fraction of sp³-hybridized carbons (Fsp3) is 0.900. The molecule has 1 unspecified atom stereocenters. The van der Waals surface area contributed by atoms with E-state index in [1.165, 1.54) is 0 Å². The van der Waals surface area contributed by atoms with Crippen molar-refractivity contribution >= 4 is 5.97 Å². The molecule has 2 N–H and O–H groups in total. The third-order valence-electron chi connectivity index (χ3n) is 2.16. The lowest BCUT2D eigenvalue weighted by atomic mass is 10.2. The first-order valence-corrected chi connectivity index (χ1v) is 5.18. The molecule has 1 atom stereocenters. The van der Waals surface area contributed by atoms with Crippen molar-refractivity contribution in [2.75, 3.05) is 13.1 Å². The van der Waals surface area contributed by atoms with Gasteiger partial charge in [-0.25, -0.2) is 0 Å². The van der Waals surface area contributed by atoms with Crippen LogP contribution in [0.5, 0.6) is 0 Å². The van der Waals surface area contributed by atoms with Crippen molar-refractivity contribution < 1.29 is 14.6 Å². The number of hydrogen-bond donors (Lipinski definition) is 2. The molecule has 1 rings (SSSR count). The van der Waals surface area contributed by atoms with E-state index >= 15 is 0 Å². The zero-order valence-corrected chi connectivity index (χ0v) is 8.82. The predicted molar refractivity (Wildman–Crippen MR) is 52.8 cm³/mol. The van der Waals surface area contributed by atoms with Crippen LogP contribution in [0.4, 0.5) is 0 Å². The molecule has 1 aliphatic carbocycles. The molecule has 1 aliphatic rings. The lowest BCUT2D eigenvalue weighted by Crippen LogP contribution is -2.33. The third-order valence-corrected chi connectivity index (χ3v) is 2.16. The lowest BCUT2D eigenvalue weighted by molar-refractivity contribution is -0.146. The zero-order valence-electron chi connectivity index (χ0n) is 8.82. The number of aliphatic hydroxyl groups excluding tert-OH is 1. The van der Waals surface area contributed by atoms with Gasteiger partial charge in [-0.3, -0.25) is 4.79 Å². The highest BCUT2D eigenvalue weighted by Crippen LogP contribution is 2.32. The monoisotopic (exact) mass is 201 g/mol. The van der Waals surface area contributed by atoms with E-state index in [0.717, 1.165) is 12.8 Å². The van der Waals surface area contributed by atoms with Gasteiger partial charge in [0.25, 0.3) is 0 Å². The average molecular weight is 201 g/mol. The third kappa shape index (κ3) is 4.58. The Bertz CT molecular complexity index is 190. The summed E-state index contributed by atoms with van der Waals surface area (Å²) < 4.78 is 4.93. The van der Waals surface area contributed by atoms with Gasteiger partial charge in [-0.05, 0) is 32.6 Å². The van der Waals surface area contributed by atoms with Gasteiger partial charge in [0.15, 0.2) is 0 Å². The summed E-state index contributed by atoms with van der Waals surface area (Å²) in [6.07, 6.45) is 1.85. The number of ether oxygens (including phenoxy) is 1. The van der Waals surface area contributed by atoms with Crippen LogP contribution in [0.25, 0.3) is 0 Å². The Hall–Kier alpha value is -0.610. The lowest BCUT2D eigenvalue weighted by Gasteiger charge is -2.11. The van der Waals surface area contributed by atoms with E-state index in [4.69, 9.17) is 4.74 Å². The van der Waals surface area contributed by atoms with Gasteiger partial charge < -0.3 is 15.2 Å². The normalized spacial score (nSPS) is 18.3. The van der Waals surface area contributed by atoms with E-state index in [0.29, 0.717) is 12.5 Å². The van der Waals surface area contributed by atoms with E-state index in [9.17, 15) is 9.90 Å². The molecule has 0 heterocycles. The molecule has 1 fully saturated rings. The molecule has 0 amide bonds. The Kier molecular flexibility index (Phi) is 4.35. The maximum absolute atomic E-state index is 11.1. The number of aliphatic hydroxyl groups is 1. The predicted octanol–water partition coefficient (Wildman–Crippen LogP) is 0.298. The van der Waals surface area contributed by atoms with Gasteiger partial charge in [0.2, 0.25) is 0 Å². The Labute approximate surface area is 84.6 Å². The highest BCUT2D eigenvalue weighted by molar-refractivity contribution is 5.71. The highest BCUT2D eigenvalue weighted by Gasteiger charge is 2.29. The largest absolute Gasteiger partial charge is 0.462 e. The second-order valence-corrected chi connectivity index (χ2v) is 4.07. The van der Waals surface area contributed by atoms with Gasteiger partial charge in [0, 0.05) is 6.54 Å². The van der Waals surface area contributed by atoms with Crippen LogP contribution in [0.3, 0.4) is 0 Å². The maximum Gasteiger partial charge on any atom is 0.320 e. The molecule has 4 nitrogen and oxygen atoms in total. The van der Waals surface area contributed by atoms with Crippen LogP contribution >= 0.6 is 0 Å². The van der Waals surface area contributed by atoms with Crippen LogP contribution < -0.4 is 5.32 Å². The molecule has 0 radical (unpaired) electrons. The Morgan fingerprint density at radius 3 is 2.71 bits per heavy atom. The van der Waals surface area contributed by atoms with Crippen LogP contribution in [0.2, 0.25) is 0 Å². The molecule has 0 saturated heterocycles. The molecule has 1 saturated carbocycles. The minimum absolute atomic E-state index is 0.0716. The molecular weight excluding hydrogens is 182 g/mol. The SMILES string of the molecule is CC(C)OC(=O)CNCC(O)C1CC1. The first-order valence-electron chi connectivity index (χ1n) is 5.18. The quantitative estimate of drug-likeness (QED) is 0.607. The topological polar surface area (TPSA) is 58.6 Å².